The Hall–Kier alpha value is -4.81. The number of rotatable bonds is 4. The monoisotopic (exact) mass is 601 g/mol. The predicted octanol–water partition coefficient (Wildman–Crippen LogP) is 6.75. The minimum Gasteiger partial charge on any atom is -0.354 e. The van der Waals surface area contributed by atoms with Crippen molar-refractivity contribution in [1.82, 2.24) is 20.3 Å². The third-order valence-electron chi connectivity index (χ3n) is 6.55. The van der Waals surface area contributed by atoms with Gasteiger partial charge in [-0.2, -0.15) is 26.3 Å². The van der Waals surface area contributed by atoms with E-state index in [4.69, 9.17) is 0 Å². The van der Waals surface area contributed by atoms with E-state index in [-0.39, 0.29) is 17.5 Å². The molecule has 2 amide bonds. The summed E-state index contributed by atoms with van der Waals surface area (Å²) in [6.45, 7) is 0. The summed E-state index contributed by atoms with van der Waals surface area (Å²) in [7, 11) is 1.32. The van der Waals surface area contributed by atoms with Crippen LogP contribution in [0.1, 0.15) is 56.1 Å². The van der Waals surface area contributed by atoms with E-state index < -0.39 is 41.0 Å². The van der Waals surface area contributed by atoms with Crippen LogP contribution in [0, 0.1) is 0 Å². The first-order chi connectivity index (χ1) is 20.4. The summed E-state index contributed by atoms with van der Waals surface area (Å²) in [5.41, 5.74) is 1.11. The number of pyridine rings is 1. The standard InChI is InChI=1S/C16H11F6N3O2.C14H14N2/c1-23-13(26)11-3-2-4-12(25-11)14(27)24-10-6-8(15(17,18)19)5-9(7-10)16(20,21)22;1-2-6-13-11(4-1)5-3-7-14(13)12-8-15-10-16-9-12/h2-7H,1H3,(H,23,26)(H,24,27);3,5,7-10H,1-2,4,6H2. The van der Waals surface area contributed by atoms with Gasteiger partial charge in [-0.25, -0.2) is 15.0 Å². The van der Waals surface area contributed by atoms with Crippen LogP contribution in [0.15, 0.2) is 73.3 Å². The molecule has 224 valence electrons. The average molecular weight is 602 g/mol. The van der Waals surface area contributed by atoms with Crippen molar-refractivity contribution in [3.05, 3.63) is 107 Å². The Morgan fingerprint density at radius 3 is 1.95 bits per heavy atom. The molecule has 0 spiro atoms. The number of aryl methyl sites for hydroxylation is 1. The molecule has 0 bridgehead atoms. The topological polar surface area (TPSA) is 96.9 Å². The van der Waals surface area contributed by atoms with E-state index in [1.807, 2.05) is 17.7 Å². The molecule has 7 nitrogen and oxygen atoms in total. The zero-order valence-electron chi connectivity index (χ0n) is 22.7. The van der Waals surface area contributed by atoms with Gasteiger partial charge in [-0.3, -0.25) is 9.59 Å². The van der Waals surface area contributed by atoms with E-state index in [0.29, 0.717) is 12.1 Å². The lowest BCUT2D eigenvalue weighted by atomic mass is 9.86. The third kappa shape index (κ3) is 7.93. The lowest BCUT2D eigenvalue weighted by Gasteiger charge is -2.19. The van der Waals surface area contributed by atoms with Gasteiger partial charge in [0.15, 0.2) is 0 Å². The first-order valence-electron chi connectivity index (χ1n) is 13.0. The number of hydrogen-bond acceptors (Lipinski definition) is 5. The van der Waals surface area contributed by atoms with Crippen molar-refractivity contribution in [2.45, 2.75) is 38.0 Å². The summed E-state index contributed by atoms with van der Waals surface area (Å²) < 4.78 is 77.0. The molecular weight excluding hydrogens is 576 g/mol. The van der Waals surface area contributed by atoms with Crippen molar-refractivity contribution in [2.24, 2.45) is 0 Å². The first kappa shape index (κ1) is 31.1. The highest BCUT2D eigenvalue weighted by Crippen LogP contribution is 2.37. The Labute approximate surface area is 242 Å². The van der Waals surface area contributed by atoms with Crippen LogP contribution < -0.4 is 10.6 Å². The SMILES string of the molecule is CNC(=O)c1cccc(C(=O)Nc2cc(C(F)(F)F)cc(C(F)(F)F)c2)n1.c1cc2c(c(-c3cncnc3)c1)CCCC2. The molecule has 0 saturated carbocycles. The van der Waals surface area contributed by atoms with Crippen molar-refractivity contribution in [3.63, 3.8) is 0 Å². The molecule has 2 aromatic carbocycles. The van der Waals surface area contributed by atoms with Gasteiger partial charge in [0.05, 0.1) is 11.1 Å². The molecule has 13 heteroatoms. The molecular formula is C30H25F6N5O2. The van der Waals surface area contributed by atoms with Crippen molar-refractivity contribution >= 4 is 17.5 Å². The number of carbonyl (C=O) groups is 2. The van der Waals surface area contributed by atoms with Crippen LogP contribution in [-0.2, 0) is 25.2 Å². The highest BCUT2D eigenvalue weighted by Gasteiger charge is 2.37. The highest BCUT2D eigenvalue weighted by molar-refractivity contribution is 6.04. The number of alkyl halides is 6. The average Bonchev–Trinajstić information content (AvgIpc) is 3.00. The molecule has 0 aliphatic heterocycles. The summed E-state index contributed by atoms with van der Waals surface area (Å²) in [4.78, 5) is 35.5. The van der Waals surface area contributed by atoms with Crippen LogP contribution in [0.25, 0.3) is 11.1 Å². The Morgan fingerprint density at radius 2 is 1.35 bits per heavy atom. The van der Waals surface area contributed by atoms with Gasteiger partial charge in [-0.05, 0) is 72.7 Å². The molecule has 0 unspecified atom stereocenters. The van der Waals surface area contributed by atoms with Gasteiger partial charge in [0.2, 0.25) is 0 Å². The highest BCUT2D eigenvalue weighted by atomic mass is 19.4. The second-order valence-corrected chi connectivity index (χ2v) is 9.51. The van der Waals surface area contributed by atoms with Gasteiger partial charge in [0, 0.05) is 30.7 Å². The van der Waals surface area contributed by atoms with Crippen LogP contribution in [0.4, 0.5) is 32.0 Å². The number of aromatic nitrogens is 3. The molecule has 0 atom stereocenters. The van der Waals surface area contributed by atoms with Crippen LogP contribution in [0.3, 0.4) is 0 Å². The zero-order valence-corrected chi connectivity index (χ0v) is 22.7. The van der Waals surface area contributed by atoms with E-state index in [1.165, 1.54) is 61.6 Å². The summed E-state index contributed by atoms with van der Waals surface area (Å²) >= 11 is 0. The zero-order chi connectivity index (χ0) is 31.2. The quantitative estimate of drug-likeness (QED) is 0.252. The Morgan fingerprint density at radius 1 is 0.767 bits per heavy atom. The van der Waals surface area contributed by atoms with Gasteiger partial charge < -0.3 is 10.6 Å². The van der Waals surface area contributed by atoms with E-state index in [0.717, 1.165) is 11.6 Å². The minimum absolute atomic E-state index is 0.0554. The van der Waals surface area contributed by atoms with Crippen LogP contribution in [0.2, 0.25) is 0 Å². The molecule has 0 fully saturated rings. The molecule has 2 heterocycles. The normalized spacial score (nSPS) is 12.8. The molecule has 4 aromatic rings. The van der Waals surface area contributed by atoms with E-state index in [2.05, 4.69) is 38.5 Å². The van der Waals surface area contributed by atoms with Crippen molar-refractivity contribution in [2.75, 3.05) is 12.4 Å². The smallest absolute Gasteiger partial charge is 0.354 e. The van der Waals surface area contributed by atoms with Gasteiger partial charge in [0.1, 0.15) is 17.7 Å². The van der Waals surface area contributed by atoms with Gasteiger partial charge >= 0.3 is 12.4 Å². The largest absolute Gasteiger partial charge is 0.416 e. The Kier molecular flexibility index (Phi) is 9.42. The fourth-order valence-electron chi connectivity index (χ4n) is 4.53. The molecule has 2 N–H and O–H groups in total. The Bertz CT molecular complexity index is 1570. The molecule has 1 aliphatic rings. The van der Waals surface area contributed by atoms with E-state index in [9.17, 15) is 35.9 Å². The number of amides is 2. The summed E-state index contributed by atoms with van der Waals surface area (Å²) in [5, 5.41) is 4.20. The van der Waals surface area contributed by atoms with Crippen LogP contribution in [-0.4, -0.2) is 33.8 Å². The number of halogens is 6. The van der Waals surface area contributed by atoms with E-state index >= 15 is 0 Å². The fourth-order valence-corrected chi connectivity index (χ4v) is 4.53. The maximum atomic E-state index is 12.8. The second kappa shape index (κ2) is 13.0. The number of nitrogens with zero attached hydrogens (tertiary/aromatic N) is 3. The second-order valence-electron chi connectivity index (χ2n) is 9.51. The number of fused-ring (bicyclic) bond motifs is 1. The molecule has 1 aliphatic carbocycles. The summed E-state index contributed by atoms with van der Waals surface area (Å²) in [5.74, 6) is -1.70. The minimum atomic E-state index is -5.04. The lowest BCUT2D eigenvalue weighted by Crippen LogP contribution is -2.22. The fraction of sp³-hybridized carbons (Fsp3) is 0.233. The molecule has 0 saturated heterocycles. The number of benzene rings is 2. The van der Waals surface area contributed by atoms with Crippen molar-refractivity contribution in [1.29, 1.82) is 0 Å². The molecule has 5 rings (SSSR count). The summed E-state index contributed by atoms with van der Waals surface area (Å²) in [6.07, 6.45) is 0.334. The maximum Gasteiger partial charge on any atom is 0.416 e. The number of nitrogens with one attached hydrogen (secondary N) is 2. The number of carbonyl (C=O) groups excluding carboxylic acids is 2. The van der Waals surface area contributed by atoms with Crippen LogP contribution >= 0.6 is 0 Å². The lowest BCUT2D eigenvalue weighted by molar-refractivity contribution is -0.143. The van der Waals surface area contributed by atoms with Crippen molar-refractivity contribution < 1.29 is 35.9 Å². The number of anilines is 1. The van der Waals surface area contributed by atoms with E-state index in [1.54, 1.807) is 6.33 Å². The molecule has 43 heavy (non-hydrogen) atoms. The van der Waals surface area contributed by atoms with Gasteiger partial charge in [-0.1, -0.05) is 24.3 Å². The maximum absolute atomic E-state index is 12.8. The summed E-state index contributed by atoms with van der Waals surface area (Å²) in [6, 6.07) is 11.0. The molecule has 0 radical (unpaired) electrons. The molecule has 2 aromatic heterocycles. The van der Waals surface area contributed by atoms with Gasteiger partial charge in [-0.15, -0.1) is 0 Å². The number of hydrogen-bond donors (Lipinski definition) is 2. The predicted molar refractivity (Wildman–Crippen MR) is 146 cm³/mol. The van der Waals surface area contributed by atoms with Crippen LogP contribution in [0.5, 0.6) is 0 Å². The first-order valence-corrected chi connectivity index (χ1v) is 13.0. The van der Waals surface area contributed by atoms with Gasteiger partial charge in [0.25, 0.3) is 11.8 Å². The Balaban J connectivity index is 0.000000222. The van der Waals surface area contributed by atoms with Crippen molar-refractivity contribution in [3.8, 4) is 11.1 Å². The third-order valence-corrected chi connectivity index (χ3v) is 6.55.